The summed E-state index contributed by atoms with van der Waals surface area (Å²) in [6, 6.07) is 7.88. The van der Waals surface area contributed by atoms with Crippen molar-refractivity contribution in [2.24, 2.45) is 0 Å². The summed E-state index contributed by atoms with van der Waals surface area (Å²) in [6.07, 6.45) is 0. The molecule has 1 heterocycles. The van der Waals surface area contributed by atoms with Gasteiger partial charge < -0.3 is 16.4 Å². The maximum atomic E-state index is 9.34. The summed E-state index contributed by atoms with van der Waals surface area (Å²) in [5.41, 5.74) is 14.9. The van der Waals surface area contributed by atoms with Crippen molar-refractivity contribution in [1.82, 2.24) is 9.97 Å². The molecule has 0 aliphatic carbocycles. The van der Waals surface area contributed by atoms with E-state index in [1.165, 1.54) is 0 Å². The largest absolute Gasteiger partial charge is 0.382 e. The van der Waals surface area contributed by atoms with E-state index in [9.17, 15) is 5.26 Å². The Hall–Kier alpha value is -2.23. The van der Waals surface area contributed by atoms with Gasteiger partial charge in [-0.2, -0.15) is 10.2 Å². The van der Waals surface area contributed by atoms with Crippen LogP contribution >= 0.6 is 23.2 Å². The third kappa shape index (κ3) is 3.81. The first-order chi connectivity index (χ1) is 11.5. The summed E-state index contributed by atoms with van der Waals surface area (Å²) in [5.74, 6) is 1.13. The second-order valence-electron chi connectivity index (χ2n) is 5.17. The molecule has 0 saturated carbocycles. The SMILES string of the molecule is Cc1cc(N(CCCl)CCCl)ccc1-c1nc(N)nc(N)c1C#N. The Morgan fingerprint density at radius 3 is 2.38 bits per heavy atom. The molecule has 2 rings (SSSR count). The van der Waals surface area contributed by atoms with Gasteiger partial charge in [-0.05, 0) is 24.6 Å². The van der Waals surface area contributed by atoms with E-state index in [0.717, 1.165) is 16.8 Å². The molecule has 1 aromatic carbocycles. The van der Waals surface area contributed by atoms with Crippen molar-refractivity contribution in [3.63, 3.8) is 0 Å². The van der Waals surface area contributed by atoms with E-state index in [1.807, 2.05) is 31.2 Å². The van der Waals surface area contributed by atoms with Crippen LogP contribution in [-0.4, -0.2) is 34.8 Å². The number of hydrogen-bond donors (Lipinski definition) is 2. The van der Waals surface area contributed by atoms with Crippen LogP contribution in [0.3, 0.4) is 0 Å². The first-order valence-corrected chi connectivity index (χ1v) is 8.39. The van der Waals surface area contributed by atoms with Crippen molar-refractivity contribution in [2.75, 3.05) is 41.2 Å². The number of benzene rings is 1. The van der Waals surface area contributed by atoms with E-state index >= 15 is 0 Å². The van der Waals surface area contributed by atoms with Crippen LogP contribution in [0.5, 0.6) is 0 Å². The summed E-state index contributed by atoms with van der Waals surface area (Å²) in [5, 5.41) is 9.34. The zero-order chi connectivity index (χ0) is 17.7. The maximum Gasteiger partial charge on any atom is 0.222 e. The van der Waals surface area contributed by atoms with Crippen molar-refractivity contribution < 1.29 is 0 Å². The molecule has 6 nitrogen and oxygen atoms in total. The molecule has 0 saturated heterocycles. The molecule has 0 atom stereocenters. The Labute approximate surface area is 151 Å². The molecule has 0 radical (unpaired) electrons. The van der Waals surface area contributed by atoms with Crippen molar-refractivity contribution >= 4 is 40.7 Å². The van der Waals surface area contributed by atoms with Gasteiger partial charge in [0.15, 0.2) is 0 Å². The molecule has 2 aromatic rings. The van der Waals surface area contributed by atoms with Gasteiger partial charge >= 0.3 is 0 Å². The highest BCUT2D eigenvalue weighted by atomic mass is 35.5. The number of nitriles is 1. The molecule has 24 heavy (non-hydrogen) atoms. The normalized spacial score (nSPS) is 10.4. The molecule has 0 amide bonds. The van der Waals surface area contributed by atoms with Gasteiger partial charge in [0.2, 0.25) is 5.95 Å². The molecule has 0 unspecified atom stereocenters. The number of aromatic nitrogens is 2. The van der Waals surface area contributed by atoms with Gasteiger partial charge in [0.05, 0.1) is 5.69 Å². The fraction of sp³-hybridized carbons (Fsp3) is 0.312. The average molecular weight is 365 g/mol. The number of hydrogen-bond acceptors (Lipinski definition) is 6. The minimum absolute atomic E-state index is 0.0379. The smallest absolute Gasteiger partial charge is 0.222 e. The Bertz CT molecular complexity index is 766. The maximum absolute atomic E-state index is 9.34. The lowest BCUT2D eigenvalue weighted by molar-refractivity contribution is 0.873. The molecule has 0 fully saturated rings. The molecular weight excluding hydrogens is 347 g/mol. The third-order valence-electron chi connectivity index (χ3n) is 3.61. The van der Waals surface area contributed by atoms with Crippen LogP contribution in [-0.2, 0) is 0 Å². The minimum atomic E-state index is 0.0379. The van der Waals surface area contributed by atoms with E-state index in [4.69, 9.17) is 34.7 Å². The first kappa shape index (κ1) is 18.1. The first-order valence-electron chi connectivity index (χ1n) is 7.32. The van der Waals surface area contributed by atoms with Crippen LogP contribution in [0.1, 0.15) is 11.1 Å². The predicted molar refractivity (Wildman–Crippen MR) is 99.4 cm³/mol. The van der Waals surface area contributed by atoms with Gasteiger partial charge in [-0.1, -0.05) is 6.07 Å². The fourth-order valence-corrected chi connectivity index (χ4v) is 2.89. The van der Waals surface area contributed by atoms with E-state index in [1.54, 1.807) is 0 Å². The number of alkyl halides is 2. The Balaban J connectivity index is 2.50. The number of rotatable bonds is 6. The molecule has 0 aliphatic heterocycles. The molecule has 0 aliphatic rings. The highest BCUT2D eigenvalue weighted by Gasteiger charge is 2.16. The van der Waals surface area contributed by atoms with Crippen LogP contribution in [0.25, 0.3) is 11.3 Å². The standard InChI is InChI=1S/C16H18Cl2N6/c1-10-8-11(24(6-4-17)7-5-18)2-3-12(10)14-13(9-19)15(20)23-16(21)22-14/h2-3,8H,4-7H2,1H3,(H4,20,21,22,23). The van der Waals surface area contributed by atoms with E-state index < -0.39 is 0 Å². The predicted octanol–water partition coefficient (Wildman–Crippen LogP) is 2.77. The Morgan fingerprint density at radius 2 is 1.83 bits per heavy atom. The van der Waals surface area contributed by atoms with Crippen LogP contribution in [0.4, 0.5) is 17.5 Å². The zero-order valence-electron chi connectivity index (χ0n) is 13.3. The van der Waals surface area contributed by atoms with Crippen LogP contribution in [0, 0.1) is 18.3 Å². The van der Waals surface area contributed by atoms with Gasteiger partial charge in [-0.3, -0.25) is 0 Å². The van der Waals surface area contributed by atoms with E-state index in [0.29, 0.717) is 30.5 Å². The van der Waals surface area contributed by atoms with E-state index in [2.05, 4.69) is 14.9 Å². The lowest BCUT2D eigenvalue weighted by Crippen LogP contribution is -2.27. The van der Waals surface area contributed by atoms with Gasteiger partial charge in [0, 0.05) is 36.1 Å². The fourth-order valence-electron chi connectivity index (χ4n) is 2.49. The number of nitrogens with zero attached hydrogens (tertiary/aromatic N) is 4. The molecule has 4 N–H and O–H groups in total. The summed E-state index contributed by atoms with van der Waals surface area (Å²) in [7, 11) is 0. The highest BCUT2D eigenvalue weighted by molar-refractivity contribution is 6.18. The third-order valence-corrected chi connectivity index (χ3v) is 3.94. The van der Waals surface area contributed by atoms with Gasteiger partial charge in [0.25, 0.3) is 0 Å². The molecule has 8 heteroatoms. The highest BCUT2D eigenvalue weighted by Crippen LogP contribution is 2.30. The summed E-state index contributed by atoms with van der Waals surface area (Å²) < 4.78 is 0. The molecule has 0 bridgehead atoms. The lowest BCUT2D eigenvalue weighted by atomic mass is 10.0. The number of anilines is 3. The van der Waals surface area contributed by atoms with Crippen LogP contribution in [0.2, 0.25) is 0 Å². The van der Waals surface area contributed by atoms with Crippen molar-refractivity contribution in [3.8, 4) is 17.3 Å². The Morgan fingerprint density at radius 1 is 1.17 bits per heavy atom. The summed E-state index contributed by atoms with van der Waals surface area (Å²) in [6.45, 7) is 3.34. The molecule has 126 valence electrons. The second-order valence-corrected chi connectivity index (χ2v) is 5.92. The van der Waals surface area contributed by atoms with Crippen LogP contribution < -0.4 is 16.4 Å². The van der Waals surface area contributed by atoms with Crippen molar-refractivity contribution in [3.05, 3.63) is 29.3 Å². The minimum Gasteiger partial charge on any atom is -0.382 e. The topological polar surface area (TPSA) is 105 Å². The number of halogens is 2. The quantitative estimate of drug-likeness (QED) is 0.763. The summed E-state index contributed by atoms with van der Waals surface area (Å²) in [4.78, 5) is 10.1. The number of aryl methyl sites for hydroxylation is 1. The molecule has 0 spiro atoms. The van der Waals surface area contributed by atoms with Gasteiger partial charge in [0.1, 0.15) is 17.5 Å². The average Bonchev–Trinajstić information content (AvgIpc) is 2.54. The van der Waals surface area contributed by atoms with Crippen LogP contribution in [0.15, 0.2) is 18.2 Å². The summed E-state index contributed by atoms with van der Waals surface area (Å²) >= 11 is 11.7. The number of nitrogens with two attached hydrogens (primary N) is 2. The lowest BCUT2D eigenvalue weighted by Gasteiger charge is -2.24. The molecular formula is C16H18Cl2N6. The van der Waals surface area contributed by atoms with E-state index in [-0.39, 0.29) is 17.3 Å². The molecule has 1 aromatic heterocycles. The number of nitrogen functional groups attached to an aromatic ring is 2. The van der Waals surface area contributed by atoms with Crippen molar-refractivity contribution in [1.29, 1.82) is 5.26 Å². The Kier molecular flexibility index (Phi) is 6.07. The van der Waals surface area contributed by atoms with Gasteiger partial charge in [-0.25, -0.2) is 4.98 Å². The van der Waals surface area contributed by atoms with Gasteiger partial charge in [-0.15, -0.1) is 23.2 Å². The second kappa shape index (κ2) is 8.04. The zero-order valence-corrected chi connectivity index (χ0v) is 14.8. The van der Waals surface area contributed by atoms with Crippen molar-refractivity contribution in [2.45, 2.75) is 6.92 Å². The monoisotopic (exact) mass is 364 g/mol.